The van der Waals surface area contributed by atoms with Crippen LogP contribution in [0.4, 0.5) is 13.2 Å². The average Bonchev–Trinajstić information content (AvgIpc) is 2.63. The number of rotatable bonds is 7. The number of carbonyl (C=O) groups is 1. The summed E-state index contributed by atoms with van der Waals surface area (Å²) in [5.41, 5.74) is 0.253. The van der Waals surface area contributed by atoms with Crippen LogP contribution >= 0.6 is 11.8 Å². The Morgan fingerprint density at radius 3 is 2.30 bits per heavy atom. The number of benzene rings is 2. The van der Waals surface area contributed by atoms with E-state index in [2.05, 4.69) is 6.58 Å². The van der Waals surface area contributed by atoms with Crippen molar-refractivity contribution in [2.24, 2.45) is 0 Å². The van der Waals surface area contributed by atoms with Crippen molar-refractivity contribution in [3.8, 4) is 0 Å². The van der Waals surface area contributed by atoms with Crippen LogP contribution in [-0.4, -0.2) is 5.97 Å². The third-order valence-corrected chi connectivity index (χ3v) is 4.60. The molecule has 1 atom stereocenters. The molecule has 0 aromatic heterocycles. The van der Waals surface area contributed by atoms with Crippen molar-refractivity contribution in [2.45, 2.75) is 30.3 Å². The fraction of sp³-hybridized carbons (Fsp3) is 0.190. The maximum Gasteiger partial charge on any atom is 0.416 e. The van der Waals surface area contributed by atoms with Crippen LogP contribution in [0.5, 0.6) is 0 Å². The first-order valence-corrected chi connectivity index (χ1v) is 9.07. The third-order valence-electron chi connectivity index (χ3n) is 3.70. The van der Waals surface area contributed by atoms with Gasteiger partial charge in [-0.15, -0.1) is 6.58 Å². The molecule has 142 valence electrons. The van der Waals surface area contributed by atoms with Crippen molar-refractivity contribution in [1.82, 2.24) is 0 Å². The van der Waals surface area contributed by atoms with E-state index in [1.54, 1.807) is 11.5 Å². The molecule has 0 fully saturated rings. The molecule has 6 heteroatoms. The SMILES string of the molecule is C=CCC(/C(=C/Sc1ccc(C(F)(F)F)cc1)OC(C)=O)c1ccccc1. The van der Waals surface area contributed by atoms with Crippen molar-refractivity contribution in [3.05, 3.63) is 89.5 Å². The number of halogens is 3. The molecule has 0 bridgehead atoms. The standard InChI is InChI=1S/C21H19F3O2S/c1-3-7-19(16-8-5-4-6-9-16)20(26-15(2)25)14-27-18-12-10-17(11-13-18)21(22,23)24/h3-6,8-14,19H,1,7H2,2H3/b20-14-. The summed E-state index contributed by atoms with van der Waals surface area (Å²) in [7, 11) is 0. The zero-order chi connectivity index (χ0) is 19.9. The van der Waals surface area contributed by atoms with Gasteiger partial charge in [0.05, 0.1) is 5.56 Å². The molecule has 0 amide bonds. The quantitative estimate of drug-likeness (QED) is 0.231. The van der Waals surface area contributed by atoms with Gasteiger partial charge >= 0.3 is 12.1 Å². The Balaban J connectivity index is 2.28. The minimum atomic E-state index is -4.37. The zero-order valence-corrected chi connectivity index (χ0v) is 15.5. The van der Waals surface area contributed by atoms with E-state index in [0.29, 0.717) is 17.1 Å². The van der Waals surface area contributed by atoms with Crippen molar-refractivity contribution in [2.75, 3.05) is 0 Å². The van der Waals surface area contributed by atoms with Gasteiger partial charge in [0.25, 0.3) is 0 Å². The van der Waals surface area contributed by atoms with Gasteiger partial charge in [0.2, 0.25) is 0 Å². The summed E-state index contributed by atoms with van der Waals surface area (Å²) in [4.78, 5) is 12.1. The minimum absolute atomic E-state index is 0.213. The predicted molar refractivity (Wildman–Crippen MR) is 101 cm³/mol. The van der Waals surface area contributed by atoms with Crippen molar-refractivity contribution < 1.29 is 22.7 Å². The van der Waals surface area contributed by atoms with Gasteiger partial charge in [-0.25, -0.2) is 0 Å². The summed E-state index contributed by atoms with van der Waals surface area (Å²) >= 11 is 1.20. The first-order chi connectivity index (χ1) is 12.8. The monoisotopic (exact) mass is 392 g/mol. The highest BCUT2D eigenvalue weighted by molar-refractivity contribution is 8.02. The van der Waals surface area contributed by atoms with E-state index in [4.69, 9.17) is 4.74 Å². The molecular formula is C21H19F3O2S. The Kier molecular flexibility index (Phi) is 7.30. The third kappa shape index (κ3) is 6.32. The number of carbonyl (C=O) groups excluding carboxylic acids is 1. The predicted octanol–water partition coefficient (Wildman–Crippen LogP) is 6.56. The highest BCUT2D eigenvalue weighted by atomic mass is 32.2. The normalized spacial score (nSPS) is 13.1. The van der Waals surface area contributed by atoms with Crippen LogP contribution in [0.15, 0.2) is 83.3 Å². The van der Waals surface area contributed by atoms with Crippen molar-refractivity contribution >= 4 is 17.7 Å². The van der Waals surface area contributed by atoms with Gasteiger partial charge in [-0.3, -0.25) is 4.79 Å². The second-order valence-corrected chi connectivity index (χ2v) is 6.68. The summed E-state index contributed by atoms with van der Waals surface area (Å²) < 4.78 is 43.4. The molecule has 1 unspecified atom stereocenters. The molecule has 0 aliphatic carbocycles. The van der Waals surface area contributed by atoms with Crippen LogP contribution in [0.3, 0.4) is 0 Å². The van der Waals surface area contributed by atoms with Gasteiger partial charge in [0.1, 0.15) is 5.76 Å². The fourth-order valence-corrected chi connectivity index (χ4v) is 3.22. The van der Waals surface area contributed by atoms with E-state index < -0.39 is 17.7 Å². The van der Waals surface area contributed by atoms with Gasteiger partial charge < -0.3 is 4.74 Å². The molecule has 0 radical (unpaired) electrons. The van der Waals surface area contributed by atoms with E-state index in [-0.39, 0.29) is 5.92 Å². The Hall–Kier alpha value is -2.47. The van der Waals surface area contributed by atoms with Crippen LogP contribution in [0.1, 0.15) is 30.4 Å². The maximum atomic E-state index is 12.7. The number of ether oxygens (including phenoxy) is 1. The summed E-state index contributed by atoms with van der Waals surface area (Å²) in [6, 6.07) is 14.4. The van der Waals surface area contributed by atoms with E-state index in [1.165, 1.54) is 30.8 Å². The maximum absolute atomic E-state index is 12.7. The Morgan fingerprint density at radius 2 is 1.78 bits per heavy atom. The highest BCUT2D eigenvalue weighted by Crippen LogP contribution is 2.34. The van der Waals surface area contributed by atoms with Crippen LogP contribution < -0.4 is 0 Å². The number of hydrogen-bond acceptors (Lipinski definition) is 3. The Morgan fingerprint density at radius 1 is 1.15 bits per heavy atom. The number of hydrogen-bond donors (Lipinski definition) is 0. The van der Waals surface area contributed by atoms with E-state index in [1.807, 2.05) is 30.3 Å². The van der Waals surface area contributed by atoms with Crippen LogP contribution in [0.2, 0.25) is 0 Å². The molecule has 2 rings (SSSR count). The van der Waals surface area contributed by atoms with E-state index in [9.17, 15) is 18.0 Å². The van der Waals surface area contributed by atoms with Crippen molar-refractivity contribution in [1.29, 1.82) is 0 Å². The smallest absolute Gasteiger partial charge is 0.416 e. The lowest BCUT2D eigenvalue weighted by atomic mass is 9.94. The lowest BCUT2D eigenvalue weighted by Gasteiger charge is -2.19. The second-order valence-electron chi connectivity index (χ2n) is 5.74. The number of alkyl halides is 3. The van der Waals surface area contributed by atoms with Crippen LogP contribution in [-0.2, 0) is 15.7 Å². The minimum Gasteiger partial charge on any atom is -0.430 e. The molecule has 2 nitrogen and oxygen atoms in total. The fourth-order valence-electron chi connectivity index (χ4n) is 2.46. The van der Waals surface area contributed by atoms with E-state index >= 15 is 0 Å². The first kappa shape index (κ1) is 20.8. The molecule has 2 aromatic rings. The summed E-state index contributed by atoms with van der Waals surface area (Å²) in [6.45, 7) is 5.07. The highest BCUT2D eigenvalue weighted by Gasteiger charge is 2.30. The lowest BCUT2D eigenvalue weighted by Crippen LogP contribution is -2.08. The van der Waals surface area contributed by atoms with Gasteiger partial charge in [-0.2, -0.15) is 13.2 Å². The van der Waals surface area contributed by atoms with Gasteiger partial charge in [0.15, 0.2) is 0 Å². The number of thioether (sulfide) groups is 1. The van der Waals surface area contributed by atoms with E-state index in [0.717, 1.165) is 17.7 Å². The number of allylic oxidation sites excluding steroid dienone is 2. The molecule has 0 aliphatic heterocycles. The molecule has 0 spiro atoms. The molecule has 27 heavy (non-hydrogen) atoms. The molecule has 0 heterocycles. The molecule has 0 saturated carbocycles. The van der Waals surface area contributed by atoms with Crippen LogP contribution in [0, 0.1) is 0 Å². The van der Waals surface area contributed by atoms with Gasteiger partial charge in [0, 0.05) is 23.1 Å². The molecule has 0 saturated heterocycles. The Bertz CT molecular complexity index is 796. The molecule has 0 N–H and O–H groups in total. The van der Waals surface area contributed by atoms with Crippen LogP contribution in [0.25, 0.3) is 0 Å². The zero-order valence-electron chi connectivity index (χ0n) is 14.7. The molecular weight excluding hydrogens is 373 g/mol. The molecule has 0 aliphatic rings. The summed E-state index contributed by atoms with van der Waals surface area (Å²) in [5.74, 6) is -0.243. The number of esters is 1. The summed E-state index contributed by atoms with van der Waals surface area (Å²) in [5, 5.41) is 1.66. The molecule has 2 aromatic carbocycles. The first-order valence-electron chi connectivity index (χ1n) is 8.19. The van der Waals surface area contributed by atoms with Gasteiger partial charge in [-0.05, 0) is 36.2 Å². The topological polar surface area (TPSA) is 26.3 Å². The summed E-state index contributed by atoms with van der Waals surface area (Å²) in [6.07, 6.45) is -2.08. The Labute approximate surface area is 160 Å². The van der Waals surface area contributed by atoms with Crippen molar-refractivity contribution in [3.63, 3.8) is 0 Å². The van der Waals surface area contributed by atoms with Gasteiger partial charge in [-0.1, -0.05) is 48.2 Å². The second kappa shape index (κ2) is 9.46. The largest absolute Gasteiger partial charge is 0.430 e. The average molecular weight is 392 g/mol. The lowest BCUT2D eigenvalue weighted by molar-refractivity contribution is -0.138.